The molecule has 1 saturated heterocycles. The number of nitrogens with one attached hydrogen (secondary N) is 1. The molecular formula is C19H23N3O10P2. The van der Waals surface area contributed by atoms with E-state index >= 15 is 0 Å². The highest BCUT2D eigenvalue weighted by molar-refractivity contribution is 7.70. The quantitative estimate of drug-likeness (QED) is 0.223. The van der Waals surface area contributed by atoms with Gasteiger partial charge in [-0.3, -0.25) is 9.13 Å². The van der Waals surface area contributed by atoms with Crippen LogP contribution in [0.3, 0.4) is 0 Å². The summed E-state index contributed by atoms with van der Waals surface area (Å²) < 4.78 is 38.8. The molecule has 3 aromatic rings. The van der Waals surface area contributed by atoms with E-state index in [4.69, 9.17) is 23.5 Å². The van der Waals surface area contributed by atoms with Crippen LogP contribution in [0, 0.1) is 0 Å². The summed E-state index contributed by atoms with van der Waals surface area (Å²) in [5.74, 6) is -0.969. The Bertz CT molecular complexity index is 1230. The summed E-state index contributed by atoms with van der Waals surface area (Å²) in [6.07, 6.45) is -2.72. The first kappa shape index (κ1) is 24.9. The van der Waals surface area contributed by atoms with Gasteiger partial charge in [-0.2, -0.15) is 0 Å². The van der Waals surface area contributed by atoms with Gasteiger partial charge in [-0.1, -0.05) is 30.3 Å². The summed E-state index contributed by atoms with van der Waals surface area (Å²) in [6, 6.07) is 9.60. The van der Waals surface area contributed by atoms with Gasteiger partial charge in [-0.15, -0.1) is 0 Å². The highest BCUT2D eigenvalue weighted by atomic mass is 31.2. The highest BCUT2D eigenvalue weighted by Crippen LogP contribution is 2.55. The minimum atomic E-state index is -4.81. The van der Waals surface area contributed by atoms with Crippen LogP contribution in [-0.2, 0) is 24.9 Å². The second kappa shape index (κ2) is 9.82. The number of nitrogens with zero attached hydrogens (tertiary/aromatic N) is 2. The zero-order valence-electron chi connectivity index (χ0n) is 17.5. The number of benzene rings is 1. The largest absolute Gasteiger partial charge is 0.458 e. The first-order valence-corrected chi connectivity index (χ1v) is 13.6. The molecule has 0 spiro atoms. The molecular weight excluding hydrogens is 492 g/mol. The average molecular weight is 515 g/mol. The molecule has 0 amide bonds. The number of rotatable bonds is 9. The van der Waals surface area contributed by atoms with Crippen LogP contribution in [0.25, 0.3) is 11.1 Å². The lowest BCUT2D eigenvalue weighted by Crippen LogP contribution is -2.33. The van der Waals surface area contributed by atoms with E-state index in [1.807, 2.05) is 30.3 Å². The average Bonchev–Trinajstić information content (AvgIpc) is 3.32. The van der Waals surface area contributed by atoms with Gasteiger partial charge in [0.25, 0.3) is 0 Å². The van der Waals surface area contributed by atoms with Gasteiger partial charge in [-0.25, -0.2) is 9.97 Å². The third-order valence-corrected chi connectivity index (χ3v) is 8.61. The number of ether oxygens (including phenoxy) is 1. The molecule has 13 nitrogen and oxygen atoms in total. The number of hydrogen-bond donors (Lipinski definition) is 6. The standard InChI is InChI=1S/C19H23N3O10P2/c23-15-13(8-31-34(28,29)10-33(25,26)27)32-17(16(15)24)12-7-30-18-14(12)21-9-22-19(18)20-6-11-4-2-1-3-5-11/h1-5,7,9,13,15-17,23-24H,6,8,10H2,(H,28,29)(H,20,21,22)(H2,25,26,27)/t13-,15?,16?,17+/m1/s1. The summed E-state index contributed by atoms with van der Waals surface area (Å²) in [6.45, 7) is -0.212. The summed E-state index contributed by atoms with van der Waals surface area (Å²) in [4.78, 5) is 35.8. The van der Waals surface area contributed by atoms with Crippen LogP contribution in [0.1, 0.15) is 17.2 Å². The highest BCUT2D eigenvalue weighted by Gasteiger charge is 2.46. The van der Waals surface area contributed by atoms with Crippen molar-refractivity contribution >= 4 is 32.1 Å². The number of aromatic nitrogens is 2. The van der Waals surface area contributed by atoms with Crippen molar-refractivity contribution in [3.63, 3.8) is 0 Å². The van der Waals surface area contributed by atoms with Gasteiger partial charge in [0.1, 0.15) is 36.3 Å². The van der Waals surface area contributed by atoms with E-state index in [-0.39, 0.29) is 0 Å². The second-order valence-electron chi connectivity index (χ2n) is 7.75. The Morgan fingerprint density at radius 3 is 2.50 bits per heavy atom. The minimum Gasteiger partial charge on any atom is -0.458 e. The first-order chi connectivity index (χ1) is 16.0. The Hall–Kier alpha value is -2.18. The molecule has 34 heavy (non-hydrogen) atoms. The molecule has 1 aromatic carbocycles. The predicted molar refractivity (Wildman–Crippen MR) is 118 cm³/mol. The molecule has 0 radical (unpaired) electrons. The van der Waals surface area contributed by atoms with E-state index in [2.05, 4.69) is 15.3 Å². The predicted octanol–water partition coefficient (Wildman–Crippen LogP) is 1.33. The number of aliphatic hydroxyl groups is 2. The third kappa shape index (κ3) is 5.72. The fraction of sp³-hybridized carbons (Fsp3) is 0.368. The van der Waals surface area contributed by atoms with Crippen LogP contribution in [0.5, 0.6) is 0 Å². The number of hydrogen-bond acceptors (Lipinski definition) is 10. The molecule has 0 saturated carbocycles. The molecule has 4 rings (SSSR count). The smallest absolute Gasteiger partial charge is 0.340 e. The van der Waals surface area contributed by atoms with Crippen LogP contribution in [0.2, 0.25) is 0 Å². The molecule has 0 aliphatic carbocycles. The molecule has 2 aromatic heterocycles. The van der Waals surface area contributed by atoms with Crippen molar-refractivity contribution in [2.24, 2.45) is 0 Å². The van der Waals surface area contributed by atoms with Crippen molar-refractivity contribution in [3.05, 3.63) is 54.0 Å². The van der Waals surface area contributed by atoms with E-state index in [9.17, 15) is 24.2 Å². The lowest BCUT2D eigenvalue weighted by atomic mass is 10.0. The Balaban J connectivity index is 1.48. The van der Waals surface area contributed by atoms with Crippen LogP contribution in [0.4, 0.5) is 5.82 Å². The SMILES string of the molecule is O=P(O)(O)CP(=O)(O)OC[C@H]1O[C@@H](c2coc3c(NCc4ccccc4)ncnc23)C(O)C1O. The molecule has 3 heterocycles. The molecule has 3 unspecified atom stereocenters. The molecule has 0 bridgehead atoms. The second-order valence-corrected chi connectivity index (χ2v) is 11.7. The molecule has 184 valence electrons. The molecule has 6 N–H and O–H groups in total. The van der Waals surface area contributed by atoms with E-state index in [1.165, 1.54) is 12.6 Å². The Labute approximate surface area is 193 Å². The molecule has 1 aliphatic rings. The number of aliphatic hydroxyl groups excluding tert-OH is 2. The van der Waals surface area contributed by atoms with Gasteiger partial charge in [0.2, 0.25) is 0 Å². The van der Waals surface area contributed by atoms with Crippen molar-refractivity contribution in [3.8, 4) is 0 Å². The summed E-state index contributed by atoms with van der Waals surface area (Å²) in [5, 5.41) is 24.0. The fourth-order valence-corrected chi connectivity index (χ4v) is 6.15. The lowest BCUT2D eigenvalue weighted by Gasteiger charge is -2.18. The lowest BCUT2D eigenvalue weighted by molar-refractivity contribution is -0.0184. The van der Waals surface area contributed by atoms with Crippen molar-refractivity contribution in [1.29, 1.82) is 0 Å². The fourth-order valence-electron chi connectivity index (χ4n) is 3.59. The minimum absolute atomic E-state index is 0.305. The van der Waals surface area contributed by atoms with Gasteiger partial charge >= 0.3 is 15.2 Å². The van der Waals surface area contributed by atoms with Crippen molar-refractivity contribution in [2.75, 3.05) is 17.8 Å². The maximum absolute atomic E-state index is 11.9. The summed E-state index contributed by atoms with van der Waals surface area (Å²) >= 11 is 0. The topological polar surface area (TPSA) is 205 Å². The molecule has 1 fully saturated rings. The Morgan fingerprint density at radius 2 is 1.79 bits per heavy atom. The van der Waals surface area contributed by atoms with E-state index in [0.29, 0.717) is 29.0 Å². The van der Waals surface area contributed by atoms with Crippen molar-refractivity contribution in [2.45, 2.75) is 31.0 Å². The van der Waals surface area contributed by atoms with Crippen LogP contribution >= 0.6 is 15.2 Å². The third-order valence-electron chi connectivity index (χ3n) is 5.16. The first-order valence-electron chi connectivity index (χ1n) is 10.1. The number of anilines is 1. The van der Waals surface area contributed by atoms with E-state index in [1.54, 1.807) is 0 Å². The Kier molecular flexibility index (Phi) is 7.20. The number of fused-ring (bicyclic) bond motifs is 1. The van der Waals surface area contributed by atoms with Gasteiger partial charge < -0.3 is 43.9 Å². The molecule has 1 aliphatic heterocycles. The molecule has 15 heteroatoms. The van der Waals surface area contributed by atoms with Crippen LogP contribution < -0.4 is 5.32 Å². The normalized spacial score (nSPS) is 24.9. The van der Waals surface area contributed by atoms with Gasteiger partial charge in [0.05, 0.1) is 12.9 Å². The van der Waals surface area contributed by atoms with Crippen molar-refractivity contribution in [1.82, 2.24) is 9.97 Å². The van der Waals surface area contributed by atoms with E-state index in [0.717, 1.165) is 5.56 Å². The van der Waals surface area contributed by atoms with Crippen molar-refractivity contribution < 1.29 is 47.7 Å². The van der Waals surface area contributed by atoms with Crippen LogP contribution in [-0.4, -0.2) is 65.7 Å². The van der Waals surface area contributed by atoms with Gasteiger partial charge in [0, 0.05) is 12.1 Å². The maximum atomic E-state index is 11.9. The zero-order chi connectivity index (χ0) is 24.5. The zero-order valence-corrected chi connectivity index (χ0v) is 19.3. The van der Waals surface area contributed by atoms with Crippen LogP contribution in [0.15, 0.2) is 47.3 Å². The monoisotopic (exact) mass is 515 g/mol. The molecule has 5 atom stereocenters. The summed E-state index contributed by atoms with van der Waals surface area (Å²) in [5.41, 5.74) is 1.97. The Morgan fingerprint density at radius 1 is 1.06 bits per heavy atom. The summed E-state index contributed by atoms with van der Waals surface area (Å²) in [7, 11) is -9.46. The van der Waals surface area contributed by atoms with Gasteiger partial charge in [-0.05, 0) is 5.56 Å². The maximum Gasteiger partial charge on any atom is 0.340 e. The van der Waals surface area contributed by atoms with Gasteiger partial charge in [0.15, 0.2) is 17.3 Å². The number of furan rings is 1. The van der Waals surface area contributed by atoms with E-state index < -0.39 is 52.1 Å².